The summed E-state index contributed by atoms with van der Waals surface area (Å²) in [5, 5.41) is 13.1. The van der Waals surface area contributed by atoms with Crippen LogP contribution in [0.4, 0.5) is 4.79 Å². The number of carbonyl (C=O) groups is 2. The minimum absolute atomic E-state index is 0.0862. The average molecular weight is 220 g/mol. The number of hydrogen-bond donors (Lipinski definition) is 3. The van der Waals surface area contributed by atoms with Gasteiger partial charge in [-0.3, -0.25) is 4.79 Å². The van der Waals surface area contributed by atoms with E-state index in [1.807, 2.05) is 0 Å². The molecule has 0 heterocycles. The molecule has 0 aliphatic carbocycles. The van der Waals surface area contributed by atoms with E-state index in [1.54, 1.807) is 0 Å². The highest BCUT2D eigenvalue weighted by Gasteiger charge is 2.04. The van der Waals surface area contributed by atoms with Gasteiger partial charge in [-0.25, -0.2) is 4.79 Å². The first-order chi connectivity index (χ1) is 7.20. The summed E-state index contributed by atoms with van der Waals surface area (Å²) in [6, 6.07) is 0. The summed E-state index contributed by atoms with van der Waals surface area (Å²) < 4.78 is 9.18. The second-order valence-corrected chi connectivity index (χ2v) is 2.56. The maximum Gasteiger partial charge on any atom is 0.407 e. The zero-order chi connectivity index (χ0) is 11.5. The summed E-state index contributed by atoms with van der Waals surface area (Å²) in [5.41, 5.74) is 0. The molecule has 15 heavy (non-hydrogen) atoms. The van der Waals surface area contributed by atoms with E-state index in [0.29, 0.717) is 13.2 Å². The van der Waals surface area contributed by atoms with Crippen molar-refractivity contribution < 1.29 is 24.2 Å². The molecule has 0 radical (unpaired) electrons. The molecule has 7 nitrogen and oxygen atoms in total. The second-order valence-electron chi connectivity index (χ2n) is 2.56. The summed E-state index contributed by atoms with van der Waals surface area (Å²) >= 11 is 0. The Kier molecular flexibility index (Phi) is 8.40. The third kappa shape index (κ3) is 8.98. The van der Waals surface area contributed by atoms with Gasteiger partial charge in [0, 0.05) is 13.7 Å². The van der Waals surface area contributed by atoms with Crippen LogP contribution >= 0.6 is 0 Å². The Morgan fingerprint density at radius 1 is 1.27 bits per heavy atom. The van der Waals surface area contributed by atoms with Gasteiger partial charge in [0.2, 0.25) is 5.91 Å². The van der Waals surface area contributed by atoms with Crippen molar-refractivity contribution in [1.82, 2.24) is 10.6 Å². The van der Waals surface area contributed by atoms with Crippen molar-refractivity contribution in [3.63, 3.8) is 0 Å². The van der Waals surface area contributed by atoms with Crippen LogP contribution in [0.25, 0.3) is 0 Å². The molecule has 0 aromatic rings. The maximum atomic E-state index is 11.0. The number of rotatable bonds is 7. The fraction of sp³-hybridized carbons (Fsp3) is 0.750. The van der Waals surface area contributed by atoms with Crippen LogP contribution in [0.2, 0.25) is 0 Å². The van der Waals surface area contributed by atoms with Crippen LogP contribution in [0, 0.1) is 0 Å². The number of nitrogens with one attached hydrogen (secondary N) is 2. The molecule has 0 fully saturated rings. The quantitative estimate of drug-likeness (QED) is 0.452. The fourth-order valence-corrected chi connectivity index (χ4v) is 0.697. The Labute approximate surface area is 87.7 Å². The molecule has 0 spiro atoms. The lowest BCUT2D eigenvalue weighted by Gasteiger charge is -2.06. The number of amides is 2. The first kappa shape index (κ1) is 13.7. The molecular weight excluding hydrogens is 204 g/mol. The van der Waals surface area contributed by atoms with E-state index < -0.39 is 6.09 Å². The van der Waals surface area contributed by atoms with E-state index in [1.165, 1.54) is 7.11 Å². The minimum Gasteiger partial charge on any atom is -0.447 e. The lowest BCUT2D eigenvalue weighted by Crippen LogP contribution is -2.38. The van der Waals surface area contributed by atoms with Crippen molar-refractivity contribution in [3.05, 3.63) is 0 Å². The van der Waals surface area contributed by atoms with Crippen molar-refractivity contribution in [3.8, 4) is 0 Å². The Morgan fingerprint density at radius 2 is 2.00 bits per heavy atom. The number of methoxy groups -OCH3 is 1. The molecule has 0 aliphatic rings. The Hall–Kier alpha value is -1.34. The zero-order valence-corrected chi connectivity index (χ0v) is 8.62. The SMILES string of the molecule is COCCNC(=O)CNC(=O)OCCO. The molecule has 0 aliphatic heterocycles. The molecule has 0 unspecified atom stereocenters. The summed E-state index contributed by atoms with van der Waals surface area (Å²) in [5.74, 6) is -0.326. The van der Waals surface area contributed by atoms with Crippen molar-refractivity contribution in [2.75, 3.05) is 40.0 Å². The van der Waals surface area contributed by atoms with Crippen molar-refractivity contribution in [2.45, 2.75) is 0 Å². The van der Waals surface area contributed by atoms with Crippen LogP contribution in [-0.4, -0.2) is 57.1 Å². The van der Waals surface area contributed by atoms with Gasteiger partial charge in [0.1, 0.15) is 6.61 Å². The highest BCUT2D eigenvalue weighted by Crippen LogP contribution is 1.76. The molecule has 0 saturated carbocycles. The molecule has 0 aromatic carbocycles. The molecule has 7 heteroatoms. The predicted octanol–water partition coefficient (Wildman–Crippen LogP) is -1.53. The largest absolute Gasteiger partial charge is 0.447 e. The standard InChI is InChI=1S/C8H16N2O5/c1-14-4-2-9-7(12)6-10-8(13)15-5-3-11/h11H,2-6H2,1H3,(H,9,12)(H,10,13). The van der Waals surface area contributed by atoms with Crippen molar-refractivity contribution >= 4 is 12.0 Å². The first-order valence-electron chi connectivity index (χ1n) is 4.47. The predicted molar refractivity (Wildman–Crippen MR) is 51.3 cm³/mol. The number of hydrogen-bond acceptors (Lipinski definition) is 5. The number of alkyl carbamates (subject to hydrolysis) is 1. The Balaban J connectivity index is 3.40. The van der Waals surface area contributed by atoms with Crippen LogP contribution in [0.1, 0.15) is 0 Å². The highest BCUT2D eigenvalue weighted by atomic mass is 16.6. The average Bonchev–Trinajstić information content (AvgIpc) is 2.24. The lowest BCUT2D eigenvalue weighted by molar-refractivity contribution is -0.120. The molecule has 3 N–H and O–H groups in total. The van der Waals surface area contributed by atoms with E-state index in [-0.39, 0.29) is 25.7 Å². The van der Waals surface area contributed by atoms with E-state index in [4.69, 9.17) is 9.84 Å². The van der Waals surface area contributed by atoms with Gasteiger partial charge in [-0.15, -0.1) is 0 Å². The van der Waals surface area contributed by atoms with Gasteiger partial charge in [-0.1, -0.05) is 0 Å². The molecule has 0 atom stereocenters. The normalized spacial score (nSPS) is 9.47. The fourth-order valence-electron chi connectivity index (χ4n) is 0.697. The summed E-state index contributed by atoms with van der Waals surface area (Å²) in [4.78, 5) is 21.8. The van der Waals surface area contributed by atoms with E-state index in [0.717, 1.165) is 0 Å². The van der Waals surface area contributed by atoms with Gasteiger partial charge in [0.25, 0.3) is 0 Å². The van der Waals surface area contributed by atoms with E-state index in [2.05, 4.69) is 15.4 Å². The van der Waals surface area contributed by atoms with Gasteiger partial charge >= 0.3 is 6.09 Å². The van der Waals surface area contributed by atoms with E-state index in [9.17, 15) is 9.59 Å². The van der Waals surface area contributed by atoms with Gasteiger partial charge in [0.15, 0.2) is 0 Å². The molecule has 0 bridgehead atoms. The Bertz CT molecular complexity index is 197. The molecule has 2 amide bonds. The summed E-state index contributed by atoms with van der Waals surface area (Å²) in [7, 11) is 1.52. The smallest absolute Gasteiger partial charge is 0.407 e. The third-order valence-electron chi connectivity index (χ3n) is 1.35. The summed E-state index contributed by atoms with van der Waals surface area (Å²) in [6.07, 6.45) is -0.731. The van der Waals surface area contributed by atoms with Crippen LogP contribution in [0.3, 0.4) is 0 Å². The van der Waals surface area contributed by atoms with Crippen molar-refractivity contribution in [1.29, 1.82) is 0 Å². The lowest BCUT2D eigenvalue weighted by atomic mass is 10.5. The number of aliphatic hydroxyl groups is 1. The van der Waals surface area contributed by atoms with Crippen molar-refractivity contribution in [2.24, 2.45) is 0 Å². The highest BCUT2D eigenvalue weighted by molar-refractivity contribution is 5.82. The van der Waals surface area contributed by atoms with Crippen LogP contribution < -0.4 is 10.6 Å². The topological polar surface area (TPSA) is 96.9 Å². The first-order valence-corrected chi connectivity index (χ1v) is 4.47. The van der Waals surface area contributed by atoms with Crippen LogP contribution in [0.15, 0.2) is 0 Å². The zero-order valence-electron chi connectivity index (χ0n) is 8.62. The maximum absolute atomic E-state index is 11.0. The number of carbonyl (C=O) groups excluding carboxylic acids is 2. The Morgan fingerprint density at radius 3 is 2.60 bits per heavy atom. The minimum atomic E-state index is -0.731. The van der Waals surface area contributed by atoms with Crippen LogP contribution in [-0.2, 0) is 14.3 Å². The number of ether oxygens (including phenoxy) is 2. The number of aliphatic hydroxyl groups excluding tert-OH is 1. The second kappa shape index (κ2) is 9.22. The van der Waals surface area contributed by atoms with Crippen LogP contribution in [0.5, 0.6) is 0 Å². The molecule has 0 rings (SSSR count). The van der Waals surface area contributed by atoms with Gasteiger partial charge < -0.3 is 25.2 Å². The third-order valence-corrected chi connectivity index (χ3v) is 1.35. The van der Waals surface area contributed by atoms with E-state index >= 15 is 0 Å². The molecule has 0 saturated heterocycles. The monoisotopic (exact) mass is 220 g/mol. The molecule has 88 valence electrons. The van der Waals surface area contributed by atoms with Gasteiger partial charge in [-0.05, 0) is 0 Å². The van der Waals surface area contributed by atoms with Gasteiger partial charge in [0.05, 0.1) is 19.8 Å². The molecular formula is C8H16N2O5. The molecule has 0 aromatic heterocycles. The summed E-state index contributed by atoms with van der Waals surface area (Å²) in [6.45, 7) is 0.321. The van der Waals surface area contributed by atoms with Gasteiger partial charge in [-0.2, -0.15) is 0 Å².